The van der Waals surface area contributed by atoms with E-state index in [9.17, 15) is 0 Å². The molecule has 0 aromatic heterocycles. The van der Waals surface area contributed by atoms with Crippen molar-refractivity contribution in [3.63, 3.8) is 0 Å². The molecule has 0 saturated carbocycles. The predicted octanol–water partition coefficient (Wildman–Crippen LogP) is 1.63. The van der Waals surface area contributed by atoms with Gasteiger partial charge in [-0.05, 0) is 6.92 Å². The first-order valence-electron chi connectivity index (χ1n) is 3.40. The van der Waals surface area contributed by atoms with Gasteiger partial charge in [-0.3, -0.25) is 0 Å². The Kier molecular flexibility index (Phi) is 3.85. The Hall–Kier alpha value is 0.650. The standard InChI is InChI=1S/C6H12O2.HI/c1-5-3-7-6(2)8-4-5;/h5-6H,3-4H2,1-2H3;1H/i/hD. The molecule has 1 aliphatic rings. The van der Waals surface area contributed by atoms with Crippen LogP contribution in [0.2, 0.25) is 0 Å². The molecule has 0 spiro atoms. The van der Waals surface area contributed by atoms with Crippen molar-refractivity contribution in [3.05, 3.63) is 0 Å². The largest absolute Gasteiger partial charge is 0.353 e. The summed E-state index contributed by atoms with van der Waals surface area (Å²) in [6, 6.07) is 0. The van der Waals surface area contributed by atoms with E-state index in [2.05, 4.69) is 6.92 Å². The van der Waals surface area contributed by atoms with Crippen molar-refractivity contribution in [1.82, 2.24) is 0 Å². The Labute approximate surface area is 73.4 Å². The fourth-order valence-corrected chi connectivity index (χ4v) is 0.696. The van der Waals surface area contributed by atoms with Gasteiger partial charge in [-0.25, -0.2) is 0 Å². The number of rotatable bonds is 0. The van der Waals surface area contributed by atoms with Gasteiger partial charge in [0, 0.05) is 5.92 Å². The van der Waals surface area contributed by atoms with E-state index >= 15 is 0 Å². The van der Waals surface area contributed by atoms with Crippen LogP contribution in [0.25, 0.3) is 0 Å². The highest BCUT2D eigenvalue weighted by molar-refractivity contribution is 14.0. The molecule has 0 unspecified atom stereocenters. The first-order chi connectivity index (χ1) is 4.79. The SMILES string of the molecule is CC1COC(C)OC1.[2H]I. The van der Waals surface area contributed by atoms with Crippen LogP contribution in [0.1, 0.15) is 13.8 Å². The van der Waals surface area contributed by atoms with Crippen LogP contribution >= 0.6 is 23.8 Å². The van der Waals surface area contributed by atoms with Crippen LogP contribution in [0.3, 0.4) is 0 Å². The van der Waals surface area contributed by atoms with E-state index in [-0.39, 0.29) is 6.29 Å². The maximum absolute atomic E-state index is 5.72. The van der Waals surface area contributed by atoms with Gasteiger partial charge in [0.25, 0.3) is 0 Å². The fourth-order valence-electron chi connectivity index (χ4n) is 0.696. The highest BCUT2D eigenvalue weighted by Gasteiger charge is 2.13. The van der Waals surface area contributed by atoms with Gasteiger partial charge < -0.3 is 9.47 Å². The third-order valence-corrected chi connectivity index (χ3v) is 1.23. The summed E-state index contributed by atoms with van der Waals surface area (Å²) in [5.41, 5.74) is 0. The third kappa shape index (κ3) is 3.37. The second-order valence-electron chi connectivity index (χ2n) is 2.34. The van der Waals surface area contributed by atoms with E-state index < -0.39 is 0 Å². The van der Waals surface area contributed by atoms with Gasteiger partial charge in [-0.1, -0.05) is 6.92 Å². The zero-order chi connectivity index (χ0) is 7.98. The van der Waals surface area contributed by atoms with E-state index in [0.29, 0.717) is 5.92 Å². The van der Waals surface area contributed by atoms with Crippen LogP contribution in [-0.2, 0) is 9.47 Å². The summed E-state index contributed by atoms with van der Waals surface area (Å²) >= 11 is 1.40. The van der Waals surface area contributed by atoms with Crippen LogP contribution in [0.5, 0.6) is 0 Å². The van der Waals surface area contributed by atoms with Gasteiger partial charge in [0.1, 0.15) is 0.594 Å². The molecule has 1 heterocycles. The highest BCUT2D eigenvalue weighted by atomic mass is 127. The molecular weight excluding hydrogens is 231 g/mol. The van der Waals surface area contributed by atoms with E-state index in [1.54, 1.807) is 0 Å². The van der Waals surface area contributed by atoms with Gasteiger partial charge in [-0.2, -0.15) is 0 Å². The molecule has 2 nitrogen and oxygen atoms in total. The zero-order valence-corrected chi connectivity index (χ0v) is 7.92. The Bertz CT molecular complexity index is 64.1. The summed E-state index contributed by atoms with van der Waals surface area (Å²) in [6.07, 6.45) is 0.0196. The van der Waals surface area contributed by atoms with Crippen molar-refractivity contribution < 1.29 is 9.47 Å². The molecule has 0 aromatic carbocycles. The quantitative estimate of drug-likeness (QED) is 0.604. The lowest BCUT2D eigenvalue weighted by Gasteiger charge is -2.24. The summed E-state index contributed by atoms with van der Waals surface area (Å²) < 4.78 is 16.1. The van der Waals surface area contributed by atoms with Crippen LogP contribution < -0.4 is 0 Å². The minimum Gasteiger partial charge on any atom is -0.353 e. The number of hydrogen-bond donors (Lipinski definition) is 0. The average Bonchev–Trinajstić information content (AvgIpc) is 2.00. The average molecular weight is 245 g/mol. The normalized spacial score (nSPS) is 36.1. The Balaban J connectivity index is 0.000000371. The van der Waals surface area contributed by atoms with Gasteiger partial charge in [0.2, 0.25) is 0 Å². The van der Waals surface area contributed by atoms with Crippen molar-refractivity contribution >= 4 is 23.8 Å². The molecule has 0 radical (unpaired) electrons. The van der Waals surface area contributed by atoms with E-state index in [1.165, 1.54) is 23.8 Å². The molecule has 0 aliphatic carbocycles. The monoisotopic (exact) mass is 245 g/mol. The van der Waals surface area contributed by atoms with Crippen LogP contribution in [0, 0.1) is 5.92 Å². The Morgan fingerprint density at radius 2 is 1.78 bits per heavy atom. The summed E-state index contributed by atoms with van der Waals surface area (Å²) in [4.78, 5) is 0. The zero-order valence-electron chi connectivity index (χ0n) is 6.76. The molecule has 0 aromatic rings. The molecule has 1 saturated heterocycles. The molecule has 56 valence electrons. The van der Waals surface area contributed by atoms with Crippen LogP contribution in [0.15, 0.2) is 0 Å². The van der Waals surface area contributed by atoms with Crippen molar-refractivity contribution in [1.29, 1.82) is 0.594 Å². The first kappa shape index (κ1) is 7.75. The number of halogens is 1. The third-order valence-electron chi connectivity index (χ3n) is 1.23. The van der Waals surface area contributed by atoms with Crippen LogP contribution in [0.4, 0.5) is 0 Å². The molecule has 0 N–H and O–H groups in total. The molecule has 0 bridgehead atoms. The Morgan fingerprint density at radius 1 is 1.33 bits per heavy atom. The summed E-state index contributed by atoms with van der Waals surface area (Å²) in [5.74, 6) is 0.575. The van der Waals surface area contributed by atoms with Gasteiger partial charge in [0.05, 0.1) is 13.2 Å². The molecule has 3 heteroatoms. The molecule has 1 aliphatic heterocycles. The molecule has 0 amide bonds. The molecule has 1 fully saturated rings. The summed E-state index contributed by atoms with van der Waals surface area (Å²) in [5, 5.41) is 0. The predicted molar refractivity (Wildman–Crippen MR) is 45.9 cm³/mol. The Morgan fingerprint density at radius 3 is 2.11 bits per heavy atom. The lowest BCUT2D eigenvalue weighted by molar-refractivity contribution is -0.187. The van der Waals surface area contributed by atoms with Gasteiger partial charge in [-0.15, -0.1) is 23.8 Å². The minimum atomic E-state index is 0.0196. The fraction of sp³-hybridized carbons (Fsp3) is 1.00. The van der Waals surface area contributed by atoms with E-state index in [4.69, 9.17) is 10.1 Å². The van der Waals surface area contributed by atoms with Crippen LogP contribution in [-0.4, -0.2) is 20.1 Å². The molecule has 0 atom stereocenters. The van der Waals surface area contributed by atoms with Crippen molar-refractivity contribution in [2.24, 2.45) is 5.92 Å². The maximum atomic E-state index is 5.72. The molecule has 9 heavy (non-hydrogen) atoms. The van der Waals surface area contributed by atoms with E-state index in [1.807, 2.05) is 6.92 Å². The molecular formula is C6H13IO2. The second kappa shape index (κ2) is 4.46. The van der Waals surface area contributed by atoms with E-state index in [0.717, 1.165) is 13.2 Å². The molecule has 1 rings (SSSR count). The topological polar surface area (TPSA) is 18.5 Å². The van der Waals surface area contributed by atoms with Crippen molar-refractivity contribution in [3.8, 4) is 0 Å². The second-order valence-corrected chi connectivity index (χ2v) is 2.34. The van der Waals surface area contributed by atoms with Gasteiger partial charge >= 0.3 is 0 Å². The highest BCUT2D eigenvalue weighted by Crippen LogP contribution is 2.08. The van der Waals surface area contributed by atoms with Gasteiger partial charge in [0.15, 0.2) is 6.29 Å². The number of hydrogen-bond acceptors (Lipinski definition) is 2. The number of ether oxygens (including phenoxy) is 2. The smallest absolute Gasteiger partial charge is 0.154 e. The maximum Gasteiger partial charge on any atom is 0.154 e. The van der Waals surface area contributed by atoms with Crippen molar-refractivity contribution in [2.45, 2.75) is 20.1 Å². The van der Waals surface area contributed by atoms with Crippen molar-refractivity contribution in [2.75, 3.05) is 13.2 Å². The first-order valence-corrected chi connectivity index (χ1v) is 3.02. The lowest BCUT2D eigenvalue weighted by Crippen LogP contribution is -2.27. The lowest BCUT2D eigenvalue weighted by atomic mass is 10.2. The minimum absolute atomic E-state index is 0.0196. The summed E-state index contributed by atoms with van der Waals surface area (Å²) in [7, 11) is 0. The summed E-state index contributed by atoms with van der Waals surface area (Å²) in [6.45, 7) is 5.74.